The molecule has 0 bridgehead atoms. The molecule has 2 rings (SSSR count). The zero-order chi connectivity index (χ0) is 14.9. The lowest BCUT2D eigenvalue weighted by Gasteiger charge is -2.23. The van der Waals surface area contributed by atoms with E-state index in [2.05, 4.69) is 5.32 Å². The van der Waals surface area contributed by atoms with Crippen molar-refractivity contribution in [2.45, 2.75) is 30.8 Å². The standard InChI is InChI=1S/C14H19NO4S/c1-9(2)13(14(16)19-3)15-11-8-20(17,18)12-7-5-4-6-10(11)12/h4-7,9,11,13,15H,8H2,1-3H3. The minimum atomic E-state index is -3.27. The molecule has 20 heavy (non-hydrogen) atoms. The molecule has 2 unspecified atom stereocenters. The second-order valence-electron chi connectivity index (χ2n) is 5.28. The summed E-state index contributed by atoms with van der Waals surface area (Å²) in [5.74, 6) is -0.383. The molecule has 0 fully saturated rings. The highest BCUT2D eigenvalue weighted by Gasteiger charge is 2.37. The fourth-order valence-electron chi connectivity index (χ4n) is 2.46. The first-order valence-corrected chi connectivity index (χ1v) is 8.17. The number of hydrogen-bond acceptors (Lipinski definition) is 5. The molecule has 1 aromatic carbocycles. The van der Waals surface area contributed by atoms with Gasteiger partial charge in [0, 0.05) is 6.04 Å². The Morgan fingerprint density at radius 1 is 1.35 bits per heavy atom. The molecule has 5 nitrogen and oxygen atoms in total. The van der Waals surface area contributed by atoms with Crippen LogP contribution in [0.25, 0.3) is 0 Å². The van der Waals surface area contributed by atoms with Crippen molar-refractivity contribution in [2.75, 3.05) is 12.9 Å². The topological polar surface area (TPSA) is 72.5 Å². The molecule has 1 aromatic rings. The summed E-state index contributed by atoms with van der Waals surface area (Å²) in [6, 6.07) is 6.01. The SMILES string of the molecule is COC(=O)C(NC1CS(=O)(=O)c2ccccc21)C(C)C. The quantitative estimate of drug-likeness (QED) is 0.848. The summed E-state index contributed by atoms with van der Waals surface area (Å²) in [4.78, 5) is 12.1. The van der Waals surface area contributed by atoms with Crippen molar-refractivity contribution >= 4 is 15.8 Å². The van der Waals surface area contributed by atoms with Gasteiger partial charge in [-0.3, -0.25) is 10.1 Å². The first kappa shape index (κ1) is 15.0. The minimum absolute atomic E-state index is 0.0120. The highest BCUT2D eigenvalue weighted by molar-refractivity contribution is 7.91. The first-order valence-electron chi connectivity index (χ1n) is 6.52. The predicted octanol–water partition coefficient (Wildman–Crippen LogP) is 1.30. The summed E-state index contributed by atoms with van der Waals surface area (Å²) in [6.07, 6.45) is 0. The Labute approximate surface area is 119 Å². The van der Waals surface area contributed by atoms with Crippen molar-refractivity contribution in [3.05, 3.63) is 29.8 Å². The molecule has 0 saturated heterocycles. The predicted molar refractivity (Wildman–Crippen MR) is 75.0 cm³/mol. The van der Waals surface area contributed by atoms with E-state index >= 15 is 0 Å². The van der Waals surface area contributed by atoms with Crippen LogP contribution in [-0.2, 0) is 19.4 Å². The number of carbonyl (C=O) groups is 1. The number of ether oxygens (including phenoxy) is 1. The zero-order valence-corrected chi connectivity index (χ0v) is 12.6. The third-order valence-corrected chi connectivity index (χ3v) is 5.33. The van der Waals surface area contributed by atoms with Crippen LogP contribution in [0.4, 0.5) is 0 Å². The Morgan fingerprint density at radius 3 is 2.60 bits per heavy atom. The highest BCUT2D eigenvalue weighted by Crippen LogP contribution is 2.33. The van der Waals surface area contributed by atoms with Gasteiger partial charge in [0.2, 0.25) is 0 Å². The number of nitrogens with one attached hydrogen (secondary N) is 1. The highest BCUT2D eigenvalue weighted by atomic mass is 32.2. The van der Waals surface area contributed by atoms with Gasteiger partial charge in [0.1, 0.15) is 6.04 Å². The molecule has 0 amide bonds. The summed E-state index contributed by atoms with van der Waals surface area (Å²) < 4.78 is 29.0. The molecule has 110 valence electrons. The van der Waals surface area contributed by atoms with Crippen LogP contribution in [0.3, 0.4) is 0 Å². The molecular formula is C14H19NO4S. The fourth-order valence-corrected chi connectivity index (χ4v) is 4.21. The van der Waals surface area contributed by atoms with Gasteiger partial charge in [-0.2, -0.15) is 0 Å². The molecule has 6 heteroatoms. The normalized spacial score (nSPS) is 21.5. The zero-order valence-electron chi connectivity index (χ0n) is 11.8. The van der Waals surface area contributed by atoms with Crippen molar-refractivity contribution in [2.24, 2.45) is 5.92 Å². The Kier molecular flexibility index (Phi) is 4.15. The summed E-state index contributed by atoms with van der Waals surface area (Å²) in [7, 11) is -1.94. The number of carbonyl (C=O) groups excluding carboxylic acids is 1. The number of hydrogen-bond donors (Lipinski definition) is 1. The average molecular weight is 297 g/mol. The summed E-state index contributed by atoms with van der Waals surface area (Å²) in [5, 5.41) is 3.12. The molecule has 0 saturated carbocycles. The second kappa shape index (κ2) is 5.54. The van der Waals surface area contributed by atoms with Crippen LogP contribution in [0.15, 0.2) is 29.2 Å². The Morgan fingerprint density at radius 2 is 2.00 bits per heavy atom. The van der Waals surface area contributed by atoms with E-state index in [0.717, 1.165) is 5.56 Å². The van der Waals surface area contributed by atoms with Crippen LogP contribution in [0.2, 0.25) is 0 Å². The van der Waals surface area contributed by atoms with Gasteiger partial charge in [0.25, 0.3) is 0 Å². The van der Waals surface area contributed by atoms with E-state index in [1.165, 1.54) is 7.11 Å². The van der Waals surface area contributed by atoms with Gasteiger partial charge < -0.3 is 4.74 Å². The van der Waals surface area contributed by atoms with E-state index in [1.807, 2.05) is 13.8 Å². The Hall–Kier alpha value is -1.40. The van der Waals surface area contributed by atoms with Gasteiger partial charge in [-0.15, -0.1) is 0 Å². The maximum atomic E-state index is 12.1. The molecule has 0 aromatic heterocycles. The van der Waals surface area contributed by atoms with Gasteiger partial charge in [-0.05, 0) is 17.5 Å². The summed E-state index contributed by atoms with van der Waals surface area (Å²) in [6.45, 7) is 3.79. The van der Waals surface area contributed by atoms with E-state index in [-0.39, 0.29) is 23.7 Å². The summed E-state index contributed by atoms with van der Waals surface area (Å²) >= 11 is 0. The lowest BCUT2D eigenvalue weighted by Crippen LogP contribution is -2.44. The van der Waals surface area contributed by atoms with E-state index in [9.17, 15) is 13.2 Å². The van der Waals surface area contributed by atoms with Crippen LogP contribution in [0.1, 0.15) is 25.5 Å². The van der Waals surface area contributed by atoms with Crippen LogP contribution < -0.4 is 5.32 Å². The second-order valence-corrected chi connectivity index (χ2v) is 7.29. The first-order chi connectivity index (χ1) is 9.36. The largest absolute Gasteiger partial charge is 0.468 e. The van der Waals surface area contributed by atoms with Crippen molar-refractivity contribution < 1.29 is 17.9 Å². The third-order valence-electron chi connectivity index (χ3n) is 3.52. The maximum absolute atomic E-state index is 12.1. The van der Waals surface area contributed by atoms with Gasteiger partial charge in [-0.1, -0.05) is 32.0 Å². The number of fused-ring (bicyclic) bond motifs is 1. The average Bonchev–Trinajstić information content (AvgIpc) is 2.67. The van der Waals surface area contributed by atoms with Gasteiger partial charge in [-0.25, -0.2) is 8.42 Å². The maximum Gasteiger partial charge on any atom is 0.323 e. The number of rotatable bonds is 4. The lowest BCUT2D eigenvalue weighted by molar-refractivity contribution is -0.144. The molecule has 0 aliphatic carbocycles. The lowest BCUT2D eigenvalue weighted by atomic mass is 10.0. The minimum Gasteiger partial charge on any atom is -0.468 e. The molecular weight excluding hydrogens is 278 g/mol. The van der Waals surface area contributed by atoms with Crippen LogP contribution in [-0.4, -0.2) is 33.3 Å². The monoisotopic (exact) mass is 297 g/mol. The van der Waals surface area contributed by atoms with Gasteiger partial charge in [0.05, 0.1) is 17.8 Å². The molecule has 0 radical (unpaired) electrons. The number of benzene rings is 1. The van der Waals surface area contributed by atoms with Gasteiger partial charge >= 0.3 is 5.97 Å². The third kappa shape index (κ3) is 2.71. The fraction of sp³-hybridized carbons (Fsp3) is 0.500. The number of sulfone groups is 1. The molecule has 2 atom stereocenters. The van der Waals surface area contributed by atoms with Crippen molar-refractivity contribution in [3.8, 4) is 0 Å². The van der Waals surface area contributed by atoms with Crippen LogP contribution >= 0.6 is 0 Å². The molecule has 1 aliphatic rings. The molecule has 1 N–H and O–H groups in total. The van der Waals surface area contributed by atoms with Crippen molar-refractivity contribution in [1.29, 1.82) is 0 Å². The smallest absolute Gasteiger partial charge is 0.323 e. The van der Waals surface area contributed by atoms with E-state index in [4.69, 9.17) is 4.74 Å². The summed E-state index contributed by atoms with van der Waals surface area (Å²) in [5.41, 5.74) is 0.724. The van der Waals surface area contributed by atoms with E-state index in [1.54, 1.807) is 24.3 Å². The Balaban J connectivity index is 2.30. The molecule has 0 spiro atoms. The Bertz CT molecular complexity index is 609. The number of esters is 1. The van der Waals surface area contributed by atoms with Crippen LogP contribution in [0, 0.1) is 5.92 Å². The molecule has 1 aliphatic heterocycles. The van der Waals surface area contributed by atoms with Gasteiger partial charge in [0.15, 0.2) is 9.84 Å². The van der Waals surface area contributed by atoms with Crippen molar-refractivity contribution in [3.63, 3.8) is 0 Å². The number of methoxy groups -OCH3 is 1. The van der Waals surface area contributed by atoms with Crippen molar-refractivity contribution in [1.82, 2.24) is 5.32 Å². The van der Waals surface area contributed by atoms with E-state index in [0.29, 0.717) is 4.90 Å². The van der Waals surface area contributed by atoms with E-state index < -0.39 is 15.9 Å². The molecule has 1 heterocycles. The van der Waals surface area contributed by atoms with Crippen LogP contribution in [0.5, 0.6) is 0 Å².